The lowest BCUT2D eigenvalue weighted by molar-refractivity contribution is 0.632. The van der Waals surface area contributed by atoms with E-state index in [2.05, 4.69) is 109 Å². The molecule has 0 spiro atoms. The van der Waals surface area contributed by atoms with Gasteiger partial charge in [-0.1, -0.05) is 109 Å². The maximum absolute atomic E-state index is 2.57. The van der Waals surface area contributed by atoms with Crippen molar-refractivity contribution in [2.45, 2.75) is 43.4 Å². The highest BCUT2D eigenvalue weighted by atomic mass is 14.4. The quantitative estimate of drug-likeness (QED) is 0.285. The molecule has 0 heterocycles. The molecule has 174 valence electrons. The van der Waals surface area contributed by atoms with Crippen molar-refractivity contribution >= 4 is 6.08 Å². The summed E-state index contributed by atoms with van der Waals surface area (Å²) in [6.45, 7) is 0. The molecule has 8 rings (SSSR count). The summed E-state index contributed by atoms with van der Waals surface area (Å²) >= 11 is 0. The summed E-state index contributed by atoms with van der Waals surface area (Å²) in [6.07, 6.45) is 26.1. The molecule has 3 aromatic carbocycles. The van der Waals surface area contributed by atoms with Gasteiger partial charge in [0.2, 0.25) is 0 Å². The van der Waals surface area contributed by atoms with Crippen molar-refractivity contribution in [3.8, 4) is 11.1 Å². The summed E-state index contributed by atoms with van der Waals surface area (Å²) in [5.74, 6) is 1.90. The van der Waals surface area contributed by atoms with Crippen molar-refractivity contribution in [1.82, 2.24) is 0 Å². The van der Waals surface area contributed by atoms with Crippen molar-refractivity contribution in [3.05, 3.63) is 148 Å². The maximum Gasteiger partial charge on any atom is 0.0284 e. The van der Waals surface area contributed by atoms with Crippen LogP contribution in [0.5, 0.6) is 0 Å². The van der Waals surface area contributed by atoms with Crippen LogP contribution < -0.4 is 0 Å². The minimum absolute atomic E-state index is 0.321. The molecular weight excluding hydrogens is 432 g/mol. The second-order valence-corrected chi connectivity index (χ2v) is 11.1. The zero-order valence-corrected chi connectivity index (χ0v) is 20.5. The molecule has 0 amide bonds. The van der Waals surface area contributed by atoms with Gasteiger partial charge in [-0.05, 0) is 87.7 Å². The van der Waals surface area contributed by atoms with Crippen LogP contribution in [0.15, 0.2) is 109 Å². The fourth-order valence-corrected chi connectivity index (χ4v) is 7.73. The van der Waals surface area contributed by atoms with Gasteiger partial charge in [-0.25, -0.2) is 0 Å². The van der Waals surface area contributed by atoms with Gasteiger partial charge >= 0.3 is 0 Å². The van der Waals surface area contributed by atoms with Crippen molar-refractivity contribution < 1.29 is 0 Å². The summed E-state index contributed by atoms with van der Waals surface area (Å²) in [6, 6.07) is 20.7. The predicted molar refractivity (Wildman–Crippen MR) is 150 cm³/mol. The van der Waals surface area contributed by atoms with Crippen LogP contribution in [0, 0.1) is 5.92 Å². The van der Waals surface area contributed by atoms with E-state index in [4.69, 9.17) is 0 Å². The molecular formula is C36H30. The average Bonchev–Trinajstić information content (AvgIpc) is 3.72. The number of benzene rings is 3. The summed E-state index contributed by atoms with van der Waals surface area (Å²) < 4.78 is 0. The molecule has 0 heteroatoms. The molecule has 0 nitrogen and oxygen atoms in total. The highest BCUT2D eigenvalue weighted by molar-refractivity contribution is 5.82. The van der Waals surface area contributed by atoms with E-state index in [0.717, 1.165) is 6.42 Å². The molecule has 5 aliphatic rings. The number of rotatable bonds is 3. The Morgan fingerprint density at radius 1 is 0.722 bits per heavy atom. The molecule has 0 bridgehead atoms. The van der Waals surface area contributed by atoms with Crippen molar-refractivity contribution in [2.24, 2.45) is 5.92 Å². The Morgan fingerprint density at radius 3 is 2.53 bits per heavy atom. The molecule has 0 N–H and O–H groups in total. The highest BCUT2D eigenvalue weighted by Gasteiger charge is 2.39. The third kappa shape index (κ3) is 2.94. The lowest BCUT2D eigenvalue weighted by Gasteiger charge is -2.30. The minimum atomic E-state index is 0.321. The summed E-state index contributed by atoms with van der Waals surface area (Å²) in [5.41, 5.74) is 15.3. The van der Waals surface area contributed by atoms with Crippen LogP contribution in [0.1, 0.15) is 76.0 Å². The fraction of sp³-hybridized carbons (Fsp3) is 0.222. The first-order chi connectivity index (χ1) is 17.9. The Kier molecular flexibility index (Phi) is 4.53. The lowest BCUT2D eigenvalue weighted by Crippen LogP contribution is -2.15. The molecule has 36 heavy (non-hydrogen) atoms. The van der Waals surface area contributed by atoms with Gasteiger partial charge < -0.3 is 0 Å². The van der Waals surface area contributed by atoms with E-state index in [0.29, 0.717) is 23.7 Å². The van der Waals surface area contributed by atoms with Gasteiger partial charge in [0.1, 0.15) is 0 Å². The van der Waals surface area contributed by atoms with E-state index < -0.39 is 0 Å². The Balaban J connectivity index is 1.44. The second-order valence-electron chi connectivity index (χ2n) is 11.1. The largest absolute Gasteiger partial charge is 0.0839 e. The first-order valence-corrected chi connectivity index (χ1v) is 13.6. The minimum Gasteiger partial charge on any atom is -0.0839 e. The van der Waals surface area contributed by atoms with Crippen LogP contribution >= 0.6 is 0 Å². The van der Waals surface area contributed by atoms with Gasteiger partial charge in [-0.3, -0.25) is 0 Å². The molecule has 0 radical (unpaired) electrons. The van der Waals surface area contributed by atoms with Crippen LogP contribution in [-0.2, 0) is 6.42 Å². The van der Waals surface area contributed by atoms with Crippen molar-refractivity contribution in [3.63, 3.8) is 0 Å². The average molecular weight is 463 g/mol. The van der Waals surface area contributed by atoms with Gasteiger partial charge in [-0.15, -0.1) is 0 Å². The van der Waals surface area contributed by atoms with E-state index >= 15 is 0 Å². The van der Waals surface area contributed by atoms with Gasteiger partial charge in [0.25, 0.3) is 0 Å². The molecule has 3 atom stereocenters. The van der Waals surface area contributed by atoms with E-state index in [1.807, 2.05) is 0 Å². The number of fused-ring (bicyclic) bond motifs is 5. The molecule has 1 saturated carbocycles. The van der Waals surface area contributed by atoms with E-state index in [1.165, 1.54) is 52.6 Å². The maximum atomic E-state index is 2.57. The predicted octanol–water partition coefficient (Wildman–Crippen LogP) is 9.01. The number of hydrogen-bond acceptors (Lipinski definition) is 0. The normalized spacial score (nSPS) is 24.7. The lowest BCUT2D eigenvalue weighted by atomic mass is 9.73. The molecule has 0 saturated heterocycles. The van der Waals surface area contributed by atoms with Crippen molar-refractivity contribution in [2.75, 3.05) is 0 Å². The second kappa shape index (κ2) is 7.93. The monoisotopic (exact) mass is 462 g/mol. The summed E-state index contributed by atoms with van der Waals surface area (Å²) in [5, 5.41) is 0. The summed E-state index contributed by atoms with van der Waals surface area (Å²) in [7, 11) is 0. The first kappa shape index (κ1) is 20.5. The van der Waals surface area contributed by atoms with Gasteiger partial charge in [0.05, 0.1) is 0 Å². The third-order valence-corrected chi connectivity index (χ3v) is 9.31. The van der Waals surface area contributed by atoms with Gasteiger partial charge in [-0.2, -0.15) is 0 Å². The van der Waals surface area contributed by atoms with Gasteiger partial charge in [0, 0.05) is 17.8 Å². The van der Waals surface area contributed by atoms with Crippen molar-refractivity contribution in [1.29, 1.82) is 0 Å². The zero-order valence-electron chi connectivity index (χ0n) is 20.5. The Bertz CT molecular complexity index is 1540. The smallest absolute Gasteiger partial charge is 0.0284 e. The standard InChI is InChI=1S/C36H30/c1-2-10-23(9-1)32-22-33-29-16-8-5-13-26(29)21-34(33)36(31-20-18-25-12-4-7-15-28(25)31)35(32)30-19-17-24-11-3-6-14-27(24)30/h1-11,13-17,19,22-23,25,30-31H,12,18,20-21H2. The van der Waals surface area contributed by atoms with Crippen LogP contribution in [-0.4, -0.2) is 0 Å². The van der Waals surface area contributed by atoms with Crippen LogP contribution in [0.25, 0.3) is 17.2 Å². The molecule has 3 aromatic rings. The van der Waals surface area contributed by atoms with Crippen LogP contribution in [0.4, 0.5) is 0 Å². The molecule has 0 aromatic heterocycles. The zero-order chi connectivity index (χ0) is 23.6. The topological polar surface area (TPSA) is 0 Å². The van der Waals surface area contributed by atoms with E-state index in [1.54, 1.807) is 22.3 Å². The van der Waals surface area contributed by atoms with E-state index in [-0.39, 0.29) is 0 Å². The number of allylic oxidation sites excluding steroid dienone is 9. The van der Waals surface area contributed by atoms with Crippen LogP contribution in [0.2, 0.25) is 0 Å². The highest BCUT2D eigenvalue weighted by Crippen LogP contribution is 2.55. The van der Waals surface area contributed by atoms with Crippen LogP contribution in [0.3, 0.4) is 0 Å². The fourth-order valence-electron chi connectivity index (χ4n) is 7.73. The summed E-state index contributed by atoms with van der Waals surface area (Å²) in [4.78, 5) is 0. The molecule has 0 aliphatic heterocycles. The third-order valence-electron chi connectivity index (χ3n) is 9.31. The first-order valence-electron chi connectivity index (χ1n) is 13.6. The Labute approximate surface area is 214 Å². The van der Waals surface area contributed by atoms with E-state index in [9.17, 15) is 0 Å². The Hall–Kier alpha value is -3.64. The molecule has 3 unspecified atom stereocenters. The number of hydrogen-bond donors (Lipinski definition) is 0. The SMILES string of the molecule is C1=CCC2CCC(c3c4c(cc(C5C=CC=C5)c3C3C=Cc5ccccc53)-c3ccccc3C4)C2=C1. The van der Waals surface area contributed by atoms with Gasteiger partial charge in [0.15, 0.2) is 0 Å². The Morgan fingerprint density at radius 2 is 1.58 bits per heavy atom. The molecule has 1 fully saturated rings. The molecule has 5 aliphatic carbocycles.